The zero-order chi connectivity index (χ0) is 10.9. The number of piperidine rings is 1. The first-order valence-electron chi connectivity index (χ1n) is 4.09. The largest absolute Gasteiger partial charge is 0.294 e. The summed E-state index contributed by atoms with van der Waals surface area (Å²) in [5, 5.41) is 19.5. The van der Waals surface area contributed by atoms with Crippen molar-refractivity contribution in [1.29, 1.82) is 10.5 Å². The minimum absolute atomic E-state index is 0.617. The number of carbonyl (C=O) groups is 2. The maximum Gasteiger partial charge on any atom is 0.244 e. The molecule has 0 aromatic heterocycles. The van der Waals surface area contributed by atoms with E-state index in [1.807, 2.05) is 17.5 Å². The minimum atomic E-state index is -0.954. The molecule has 5 heteroatoms. The van der Waals surface area contributed by atoms with E-state index in [1.54, 1.807) is 13.8 Å². The Balaban J connectivity index is 3.17. The van der Waals surface area contributed by atoms with Crippen molar-refractivity contribution in [3.8, 4) is 12.1 Å². The summed E-state index contributed by atoms with van der Waals surface area (Å²) in [5.41, 5.74) is -0.928. The number of carbonyl (C=O) groups excluding carboxylic acids is 2. The Morgan fingerprint density at radius 1 is 1.14 bits per heavy atom. The Bertz CT molecular complexity index is 338. The third kappa shape index (κ3) is 1.23. The maximum absolute atomic E-state index is 11.2. The normalized spacial score (nSPS) is 30.0. The van der Waals surface area contributed by atoms with Crippen molar-refractivity contribution in [2.75, 3.05) is 0 Å². The first-order chi connectivity index (χ1) is 6.45. The molecule has 5 nitrogen and oxygen atoms in total. The zero-order valence-corrected chi connectivity index (χ0v) is 7.87. The van der Waals surface area contributed by atoms with Crippen LogP contribution in [0.3, 0.4) is 0 Å². The highest BCUT2D eigenvalue weighted by Gasteiger charge is 2.50. The second-order valence-electron chi connectivity index (χ2n) is 3.80. The number of hydrogen-bond donors (Lipinski definition) is 1. The van der Waals surface area contributed by atoms with Crippen LogP contribution < -0.4 is 5.32 Å². The third-order valence-electron chi connectivity index (χ3n) is 2.52. The molecule has 72 valence electrons. The molecule has 1 aliphatic heterocycles. The summed E-state index contributed by atoms with van der Waals surface area (Å²) in [4.78, 5) is 22.5. The summed E-state index contributed by atoms with van der Waals surface area (Å²) in [6, 6.07) is 3.63. The highest BCUT2D eigenvalue weighted by molar-refractivity contribution is 6.02. The van der Waals surface area contributed by atoms with Gasteiger partial charge in [0.2, 0.25) is 11.8 Å². The molecular formula is C9H9N3O2. The zero-order valence-electron chi connectivity index (χ0n) is 7.87. The predicted molar refractivity (Wildman–Crippen MR) is 45.1 cm³/mol. The van der Waals surface area contributed by atoms with Gasteiger partial charge in [-0.3, -0.25) is 14.9 Å². The van der Waals surface area contributed by atoms with Crippen LogP contribution in [0.4, 0.5) is 0 Å². The molecule has 2 unspecified atom stereocenters. The molecule has 1 fully saturated rings. The SMILES string of the molecule is CC1(C)C(C#N)C(=O)NC(=O)C1C#N. The number of imide groups is 1. The van der Waals surface area contributed by atoms with E-state index in [9.17, 15) is 9.59 Å². The Hall–Kier alpha value is -1.88. The molecule has 1 N–H and O–H groups in total. The van der Waals surface area contributed by atoms with Gasteiger partial charge in [-0.2, -0.15) is 10.5 Å². The van der Waals surface area contributed by atoms with Gasteiger partial charge < -0.3 is 0 Å². The van der Waals surface area contributed by atoms with Crippen LogP contribution in [0, 0.1) is 39.9 Å². The van der Waals surface area contributed by atoms with E-state index in [1.165, 1.54) is 0 Å². The second kappa shape index (κ2) is 3.12. The number of nitriles is 2. The van der Waals surface area contributed by atoms with Gasteiger partial charge in [-0.05, 0) is 0 Å². The van der Waals surface area contributed by atoms with Crippen molar-refractivity contribution in [2.45, 2.75) is 13.8 Å². The molecule has 1 heterocycles. The van der Waals surface area contributed by atoms with Crippen molar-refractivity contribution in [3.63, 3.8) is 0 Å². The van der Waals surface area contributed by atoms with Crippen molar-refractivity contribution in [3.05, 3.63) is 0 Å². The minimum Gasteiger partial charge on any atom is -0.294 e. The first-order valence-corrected chi connectivity index (χ1v) is 4.09. The van der Waals surface area contributed by atoms with Gasteiger partial charge in [0.05, 0.1) is 12.1 Å². The van der Waals surface area contributed by atoms with Crippen LogP contribution in [0.1, 0.15) is 13.8 Å². The van der Waals surface area contributed by atoms with E-state index in [4.69, 9.17) is 10.5 Å². The number of nitrogens with one attached hydrogen (secondary N) is 1. The third-order valence-corrected chi connectivity index (χ3v) is 2.52. The highest BCUT2D eigenvalue weighted by Crippen LogP contribution is 2.37. The Kier molecular flexibility index (Phi) is 2.27. The van der Waals surface area contributed by atoms with Crippen molar-refractivity contribution in [1.82, 2.24) is 5.32 Å². The summed E-state index contributed by atoms with van der Waals surface area (Å²) < 4.78 is 0. The first kappa shape index (κ1) is 10.2. The molecule has 1 saturated heterocycles. The molecule has 14 heavy (non-hydrogen) atoms. The van der Waals surface area contributed by atoms with Crippen molar-refractivity contribution >= 4 is 11.8 Å². The number of hydrogen-bond acceptors (Lipinski definition) is 4. The summed E-state index contributed by atoms with van der Waals surface area (Å²) in [6.07, 6.45) is 0. The number of rotatable bonds is 0. The maximum atomic E-state index is 11.2. The lowest BCUT2D eigenvalue weighted by molar-refractivity contribution is -0.143. The van der Waals surface area contributed by atoms with Gasteiger partial charge in [-0.25, -0.2) is 0 Å². The van der Waals surface area contributed by atoms with E-state index < -0.39 is 29.1 Å². The lowest BCUT2D eigenvalue weighted by Gasteiger charge is -2.36. The molecule has 0 aliphatic carbocycles. The summed E-state index contributed by atoms with van der Waals surface area (Å²) in [6.45, 7) is 3.15. The molecular weight excluding hydrogens is 182 g/mol. The van der Waals surface area contributed by atoms with Crippen LogP contribution >= 0.6 is 0 Å². The van der Waals surface area contributed by atoms with Crippen LogP contribution in [-0.2, 0) is 9.59 Å². The van der Waals surface area contributed by atoms with Gasteiger partial charge >= 0.3 is 0 Å². The summed E-state index contributed by atoms with van der Waals surface area (Å²) in [5.74, 6) is -3.14. The van der Waals surface area contributed by atoms with Crippen LogP contribution in [0.15, 0.2) is 0 Å². The van der Waals surface area contributed by atoms with E-state index >= 15 is 0 Å². The molecule has 0 aromatic rings. The molecule has 1 rings (SSSR count). The standard InChI is InChI=1S/C9H9N3O2/c1-9(2)5(3-10)7(13)12-8(14)6(9)4-11/h5-6H,1-2H3,(H,12,13,14). The van der Waals surface area contributed by atoms with Crippen LogP contribution in [0.25, 0.3) is 0 Å². The topological polar surface area (TPSA) is 93.8 Å². The Morgan fingerprint density at radius 3 is 1.79 bits per heavy atom. The lowest BCUT2D eigenvalue weighted by Crippen LogP contribution is -2.55. The second-order valence-corrected chi connectivity index (χ2v) is 3.80. The molecule has 2 atom stereocenters. The monoisotopic (exact) mass is 191 g/mol. The van der Waals surface area contributed by atoms with Crippen molar-refractivity contribution in [2.24, 2.45) is 17.3 Å². The fourth-order valence-corrected chi connectivity index (χ4v) is 1.56. The predicted octanol–water partition coefficient (Wildman–Crippen LogP) is -0.0514. The van der Waals surface area contributed by atoms with Gasteiger partial charge in [-0.15, -0.1) is 0 Å². The van der Waals surface area contributed by atoms with E-state index in [-0.39, 0.29) is 0 Å². The van der Waals surface area contributed by atoms with Crippen LogP contribution in [0.2, 0.25) is 0 Å². The van der Waals surface area contributed by atoms with Gasteiger partial charge in [-0.1, -0.05) is 13.8 Å². The molecule has 0 bridgehead atoms. The summed E-state index contributed by atoms with van der Waals surface area (Å²) >= 11 is 0. The molecule has 2 amide bonds. The number of nitrogens with zero attached hydrogens (tertiary/aromatic N) is 2. The highest BCUT2D eigenvalue weighted by atomic mass is 16.2. The van der Waals surface area contributed by atoms with Crippen molar-refractivity contribution < 1.29 is 9.59 Å². The molecule has 0 aromatic carbocycles. The molecule has 0 spiro atoms. The van der Waals surface area contributed by atoms with E-state index in [0.29, 0.717) is 0 Å². The molecule has 0 radical (unpaired) electrons. The van der Waals surface area contributed by atoms with Gasteiger partial charge in [0, 0.05) is 5.41 Å². The van der Waals surface area contributed by atoms with E-state index in [0.717, 1.165) is 0 Å². The fraction of sp³-hybridized carbons (Fsp3) is 0.556. The van der Waals surface area contributed by atoms with Crippen LogP contribution in [0.5, 0.6) is 0 Å². The average Bonchev–Trinajstić information content (AvgIpc) is 2.02. The van der Waals surface area contributed by atoms with Gasteiger partial charge in [0.15, 0.2) is 0 Å². The van der Waals surface area contributed by atoms with Gasteiger partial charge in [0.25, 0.3) is 0 Å². The Morgan fingerprint density at radius 2 is 1.50 bits per heavy atom. The lowest BCUT2D eigenvalue weighted by atomic mass is 9.67. The number of amides is 2. The van der Waals surface area contributed by atoms with Gasteiger partial charge in [0.1, 0.15) is 11.8 Å². The molecule has 1 aliphatic rings. The Labute approximate surface area is 81.3 Å². The van der Waals surface area contributed by atoms with Crippen LogP contribution in [-0.4, -0.2) is 11.8 Å². The molecule has 0 saturated carbocycles. The van der Waals surface area contributed by atoms with E-state index in [2.05, 4.69) is 0 Å². The average molecular weight is 191 g/mol. The smallest absolute Gasteiger partial charge is 0.244 e. The quantitative estimate of drug-likeness (QED) is 0.543. The summed E-state index contributed by atoms with van der Waals surface area (Å²) in [7, 11) is 0. The fourth-order valence-electron chi connectivity index (χ4n) is 1.56.